The van der Waals surface area contributed by atoms with Gasteiger partial charge in [-0.3, -0.25) is 10.1 Å². The molecule has 6 nitrogen and oxygen atoms in total. The van der Waals surface area contributed by atoms with Crippen LogP contribution < -0.4 is 10.6 Å². The number of aliphatic hydroxyl groups is 1. The Bertz CT molecular complexity index is 259. The maximum Gasteiger partial charge on any atom is 0.326 e. The maximum atomic E-state index is 11.1. The van der Waals surface area contributed by atoms with Crippen molar-refractivity contribution in [3.8, 4) is 12.3 Å². The summed E-state index contributed by atoms with van der Waals surface area (Å²) in [6, 6.07) is -1.06. The highest BCUT2D eigenvalue weighted by atomic mass is 16.4. The van der Waals surface area contributed by atoms with Crippen molar-refractivity contribution in [2.75, 3.05) is 19.7 Å². The summed E-state index contributed by atoms with van der Waals surface area (Å²) in [6.45, 7) is -0.0976. The molecule has 0 aromatic carbocycles. The summed E-state index contributed by atoms with van der Waals surface area (Å²) in [5.74, 6) is 0.638. The van der Waals surface area contributed by atoms with Gasteiger partial charge in [0.25, 0.3) is 0 Å². The molecule has 0 radical (unpaired) electrons. The third-order valence-electron chi connectivity index (χ3n) is 1.56. The zero-order chi connectivity index (χ0) is 11.7. The molecule has 0 aromatic heterocycles. The number of carbonyl (C=O) groups excluding carboxylic acids is 1. The molecule has 1 amide bonds. The fraction of sp³-hybridized carbons (Fsp3) is 0.556. The number of terminal acetylenes is 1. The van der Waals surface area contributed by atoms with Crippen molar-refractivity contribution in [3.63, 3.8) is 0 Å². The van der Waals surface area contributed by atoms with E-state index in [9.17, 15) is 9.59 Å². The van der Waals surface area contributed by atoms with Crippen molar-refractivity contribution in [1.82, 2.24) is 10.6 Å². The van der Waals surface area contributed by atoms with E-state index in [0.717, 1.165) is 0 Å². The highest BCUT2D eigenvalue weighted by Crippen LogP contribution is 1.90. The molecule has 0 heterocycles. The number of nitrogens with one attached hydrogen (secondary N) is 2. The molecule has 4 N–H and O–H groups in total. The molecule has 0 unspecified atom stereocenters. The Morgan fingerprint density at radius 2 is 2.13 bits per heavy atom. The molecule has 0 spiro atoms. The van der Waals surface area contributed by atoms with Gasteiger partial charge in [0.2, 0.25) is 5.91 Å². The second-order valence-corrected chi connectivity index (χ2v) is 2.78. The zero-order valence-electron chi connectivity index (χ0n) is 8.19. The Hall–Kier alpha value is -1.58. The van der Waals surface area contributed by atoms with Gasteiger partial charge in [-0.25, -0.2) is 4.79 Å². The van der Waals surface area contributed by atoms with E-state index in [0.29, 0.717) is 0 Å². The van der Waals surface area contributed by atoms with E-state index < -0.39 is 17.9 Å². The Labute approximate surface area is 87.7 Å². The molecule has 84 valence electrons. The lowest BCUT2D eigenvalue weighted by Gasteiger charge is -2.12. The summed E-state index contributed by atoms with van der Waals surface area (Å²) in [7, 11) is 0. The number of carboxylic acids is 1. The molecule has 0 rings (SSSR count). The number of carboxylic acid groups (broad SMARTS) is 1. The molecule has 0 bridgehead atoms. The molecule has 0 aliphatic heterocycles. The first-order valence-corrected chi connectivity index (χ1v) is 4.39. The molecule has 0 aliphatic rings. The summed E-state index contributed by atoms with van der Waals surface area (Å²) >= 11 is 0. The van der Waals surface area contributed by atoms with Gasteiger partial charge in [0.05, 0.1) is 13.1 Å². The quantitative estimate of drug-likeness (QED) is 0.295. The predicted molar refractivity (Wildman–Crippen MR) is 53.0 cm³/mol. The third-order valence-corrected chi connectivity index (χ3v) is 1.56. The summed E-state index contributed by atoms with van der Waals surface area (Å²) in [4.78, 5) is 21.7. The number of hydrogen-bond donors (Lipinski definition) is 4. The maximum absolute atomic E-state index is 11.1. The van der Waals surface area contributed by atoms with E-state index in [1.54, 1.807) is 0 Å². The fourth-order valence-corrected chi connectivity index (χ4v) is 0.880. The predicted octanol–water partition coefficient (Wildman–Crippen LogP) is -1.84. The largest absolute Gasteiger partial charge is 0.480 e. The molecule has 0 saturated heterocycles. The topological polar surface area (TPSA) is 98.7 Å². The number of amides is 1. The minimum Gasteiger partial charge on any atom is -0.480 e. The van der Waals surface area contributed by atoms with Crippen LogP contribution in [0.2, 0.25) is 0 Å². The molecule has 0 fully saturated rings. The summed E-state index contributed by atoms with van der Waals surface area (Å²) in [5.41, 5.74) is 0. The van der Waals surface area contributed by atoms with E-state index in [2.05, 4.69) is 16.6 Å². The molecule has 0 aromatic rings. The van der Waals surface area contributed by atoms with Gasteiger partial charge in [0.15, 0.2) is 0 Å². The molecule has 1 atom stereocenters. The molecular formula is C9H14N2O4. The minimum atomic E-state index is -1.17. The third kappa shape index (κ3) is 6.49. The number of carbonyl (C=O) groups is 2. The Kier molecular flexibility index (Phi) is 6.97. The highest BCUT2D eigenvalue weighted by molar-refractivity contribution is 5.84. The van der Waals surface area contributed by atoms with Crippen molar-refractivity contribution in [2.24, 2.45) is 0 Å². The van der Waals surface area contributed by atoms with Crippen LogP contribution in [0.3, 0.4) is 0 Å². The van der Waals surface area contributed by atoms with Crippen LogP contribution >= 0.6 is 0 Å². The number of hydrogen-bond acceptors (Lipinski definition) is 4. The van der Waals surface area contributed by atoms with E-state index in [1.165, 1.54) is 0 Å². The average Bonchev–Trinajstić information content (AvgIpc) is 2.17. The Balaban J connectivity index is 3.90. The average molecular weight is 214 g/mol. The van der Waals surface area contributed by atoms with Gasteiger partial charge in [-0.2, -0.15) is 0 Å². The van der Waals surface area contributed by atoms with Gasteiger partial charge < -0.3 is 15.5 Å². The van der Waals surface area contributed by atoms with Crippen LogP contribution in [0.4, 0.5) is 0 Å². The van der Waals surface area contributed by atoms with Crippen LogP contribution in [-0.2, 0) is 9.59 Å². The van der Waals surface area contributed by atoms with Gasteiger partial charge in [-0.15, -0.1) is 6.42 Å². The van der Waals surface area contributed by atoms with Crippen molar-refractivity contribution < 1.29 is 19.8 Å². The van der Waals surface area contributed by atoms with E-state index in [4.69, 9.17) is 16.6 Å². The van der Waals surface area contributed by atoms with Gasteiger partial charge >= 0.3 is 5.97 Å². The first kappa shape index (κ1) is 13.4. The van der Waals surface area contributed by atoms with Crippen LogP contribution in [-0.4, -0.2) is 47.8 Å². The van der Waals surface area contributed by atoms with Crippen LogP contribution in [0.25, 0.3) is 0 Å². The normalized spacial score (nSPS) is 11.5. The lowest BCUT2D eigenvalue weighted by molar-refractivity contribution is -0.142. The van der Waals surface area contributed by atoms with Crippen molar-refractivity contribution in [2.45, 2.75) is 12.5 Å². The van der Waals surface area contributed by atoms with Crippen LogP contribution in [0, 0.1) is 12.3 Å². The Morgan fingerprint density at radius 1 is 1.47 bits per heavy atom. The summed E-state index contributed by atoms with van der Waals surface area (Å²) < 4.78 is 0. The monoisotopic (exact) mass is 214 g/mol. The van der Waals surface area contributed by atoms with Gasteiger partial charge in [-0.1, -0.05) is 5.92 Å². The molecular weight excluding hydrogens is 200 g/mol. The van der Waals surface area contributed by atoms with Crippen molar-refractivity contribution in [3.05, 3.63) is 0 Å². The van der Waals surface area contributed by atoms with E-state index in [-0.39, 0.29) is 26.1 Å². The number of aliphatic carboxylic acids is 1. The van der Waals surface area contributed by atoms with Crippen LogP contribution in [0.1, 0.15) is 6.42 Å². The standard InChI is InChI=1S/C9H14N2O4/c1-2-4-10-6-8(13)11-7(3-5-12)9(14)15/h1,7,10,12H,3-6H2,(H,11,13)(H,14,15)/t7-/m0/s1. The first-order chi connectivity index (χ1) is 7.11. The minimum absolute atomic E-state index is 0.0176. The molecule has 0 saturated carbocycles. The summed E-state index contributed by atoms with van der Waals surface area (Å²) in [6.07, 6.45) is 4.92. The van der Waals surface area contributed by atoms with Gasteiger partial charge in [0, 0.05) is 13.0 Å². The molecule has 6 heteroatoms. The highest BCUT2D eigenvalue weighted by Gasteiger charge is 2.18. The number of aliphatic hydroxyl groups excluding tert-OH is 1. The molecule has 15 heavy (non-hydrogen) atoms. The lowest BCUT2D eigenvalue weighted by Crippen LogP contribution is -2.45. The van der Waals surface area contributed by atoms with E-state index in [1.807, 2.05) is 0 Å². The lowest BCUT2D eigenvalue weighted by atomic mass is 10.2. The van der Waals surface area contributed by atoms with Crippen molar-refractivity contribution >= 4 is 11.9 Å². The Morgan fingerprint density at radius 3 is 2.60 bits per heavy atom. The smallest absolute Gasteiger partial charge is 0.326 e. The van der Waals surface area contributed by atoms with Crippen molar-refractivity contribution in [1.29, 1.82) is 0 Å². The number of rotatable bonds is 7. The first-order valence-electron chi connectivity index (χ1n) is 4.39. The van der Waals surface area contributed by atoms with Crippen LogP contribution in [0.15, 0.2) is 0 Å². The fourth-order valence-electron chi connectivity index (χ4n) is 0.880. The second-order valence-electron chi connectivity index (χ2n) is 2.78. The van der Waals surface area contributed by atoms with Gasteiger partial charge in [-0.05, 0) is 0 Å². The summed E-state index contributed by atoms with van der Waals surface area (Å²) in [5, 5.41) is 22.1. The van der Waals surface area contributed by atoms with E-state index >= 15 is 0 Å². The zero-order valence-corrected chi connectivity index (χ0v) is 8.19. The van der Waals surface area contributed by atoms with Gasteiger partial charge in [0.1, 0.15) is 6.04 Å². The molecule has 0 aliphatic carbocycles. The SMILES string of the molecule is C#CCNCC(=O)N[C@@H](CCO)C(=O)O. The second kappa shape index (κ2) is 7.79. The van der Waals surface area contributed by atoms with Crippen LogP contribution in [0.5, 0.6) is 0 Å².